The van der Waals surface area contributed by atoms with Crippen LogP contribution in [0.3, 0.4) is 0 Å². The summed E-state index contributed by atoms with van der Waals surface area (Å²) in [6, 6.07) is 8.85. The molecule has 0 amide bonds. The molecule has 1 aliphatic heterocycles. The Bertz CT molecular complexity index is 331. The van der Waals surface area contributed by atoms with E-state index in [-0.39, 0.29) is 0 Å². The Balaban J connectivity index is 1.62. The summed E-state index contributed by atoms with van der Waals surface area (Å²) in [6.07, 6.45) is 6.17. The number of nitrogens with one attached hydrogen (secondary N) is 2. The topological polar surface area (TPSA) is 24.1 Å². The van der Waals surface area contributed by atoms with E-state index < -0.39 is 0 Å². The minimum Gasteiger partial charge on any atom is -0.316 e. The maximum Gasteiger partial charge on any atom is 0.0205 e. The van der Waals surface area contributed by atoms with Crippen LogP contribution in [0.25, 0.3) is 0 Å². The molecular formula is C15H24N2S. The maximum atomic E-state index is 3.55. The molecule has 1 atom stereocenters. The van der Waals surface area contributed by atoms with Gasteiger partial charge in [-0.3, -0.25) is 0 Å². The van der Waals surface area contributed by atoms with Gasteiger partial charge in [-0.15, -0.1) is 11.8 Å². The molecule has 1 aromatic rings. The SMILES string of the molecule is CSc1ccc(CNCCC2CCCNC2)cc1. The third kappa shape index (κ3) is 4.63. The Morgan fingerprint density at radius 1 is 1.33 bits per heavy atom. The Hall–Kier alpha value is -0.510. The normalized spacial score (nSPS) is 19.9. The molecule has 2 rings (SSSR count). The van der Waals surface area contributed by atoms with Crippen molar-refractivity contribution in [1.82, 2.24) is 10.6 Å². The van der Waals surface area contributed by atoms with Crippen molar-refractivity contribution < 1.29 is 0 Å². The van der Waals surface area contributed by atoms with Gasteiger partial charge in [0.05, 0.1) is 0 Å². The van der Waals surface area contributed by atoms with E-state index in [1.54, 1.807) is 11.8 Å². The Morgan fingerprint density at radius 3 is 2.83 bits per heavy atom. The number of benzene rings is 1. The fourth-order valence-electron chi connectivity index (χ4n) is 2.45. The van der Waals surface area contributed by atoms with Gasteiger partial charge in [0.25, 0.3) is 0 Å². The summed E-state index contributed by atoms with van der Waals surface area (Å²) in [4.78, 5) is 1.34. The predicted molar refractivity (Wildman–Crippen MR) is 80.1 cm³/mol. The number of rotatable bonds is 6. The smallest absolute Gasteiger partial charge is 0.0205 e. The van der Waals surface area contributed by atoms with Crippen LogP contribution in [-0.4, -0.2) is 25.9 Å². The second-order valence-corrected chi connectivity index (χ2v) is 5.91. The van der Waals surface area contributed by atoms with Crippen LogP contribution in [-0.2, 0) is 6.54 Å². The first kappa shape index (κ1) is 13.9. The quantitative estimate of drug-likeness (QED) is 0.610. The van der Waals surface area contributed by atoms with E-state index in [1.165, 1.54) is 42.8 Å². The minimum atomic E-state index is 0.880. The highest BCUT2D eigenvalue weighted by Crippen LogP contribution is 2.15. The minimum absolute atomic E-state index is 0.880. The first-order valence-electron chi connectivity index (χ1n) is 6.93. The van der Waals surface area contributed by atoms with E-state index in [1.807, 2.05) is 0 Å². The molecule has 1 heterocycles. The summed E-state index contributed by atoms with van der Waals surface area (Å²) in [6.45, 7) is 4.56. The summed E-state index contributed by atoms with van der Waals surface area (Å²) >= 11 is 1.80. The summed E-state index contributed by atoms with van der Waals surface area (Å²) < 4.78 is 0. The Kier molecular flexibility index (Phi) is 6.05. The predicted octanol–water partition coefficient (Wildman–Crippen LogP) is 2.89. The van der Waals surface area contributed by atoms with E-state index in [4.69, 9.17) is 0 Å². The lowest BCUT2D eigenvalue weighted by Crippen LogP contribution is -2.31. The third-order valence-corrected chi connectivity index (χ3v) is 4.36. The Labute approximate surface area is 115 Å². The van der Waals surface area contributed by atoms with Gasteiger partial charge in [-0.2, -0.15) is 0 Å². The van der Waals surface area contributed by atoms with Crippen molar-refractivity contribution in [3.05, 3.63) is 29.8 Å². The summed E-state index contributed by atoms with van der Waals surface area (Å²) in [5.41, 5.74) is 1.38. The second kappa shape index (κ2) is 7.82. The van der Waals surface area contributed by atoms with Crippen LogP contribution < -0.4 is 10.6 Å². The van der Waals surface area contributed by atoms with Crippen molar-refractivity contribution in [3.63, 3.8) is 0 Å². The van der Waals surface area contributed by atoms with Gasteiger partial charge in [0.2, 0.25) is 0 Å². The molecule has 2 nitrogen and oxygen atoms in total. The monoisotopic (exact) mass is 264 g/mol. The number of hydrogen-bond donors (Lipinski definition) is 2. The van der Waals surface area contributed by atoms with Gasteiger partial charge in [0.1, 0.15) is 0 Å². The van der Waals surface area contributed by atoms with Crippen molar-refractivity contribution in [2.75, 3.05) is 25.9 Å². The van der Waals surface area contributed by atoms with Crippen molar-refractivity contribution >= 4 is 11.8 Å². The molecule has 0 radical (unpaired) electrons. The fourth-order valence-corrected chi connectivity index (χ4v) is 2.86. The van der Waals surface area contributed by atoms with Gasteiger partial charge in [-0.05, 0) is 68.8 Å². The average Bonchev–Trinajstić information content (AvgIpc) is 2.45. The molecule has 3 heteroatoms. The third-order valence-electron chi connectivity index (χ3n) is 3.62. The molecule has 18 heavy (non-hydrogen) atoms. The zero-order chi connectivity index (χ0) is 12.6. The molecule has 1 fully saturated rings. The molecule has 100 valence electrons. The first-order valence-corrected chi connectivity index (χ1v) is 8.15. The van der Waals surface area contributed by atoms with Gasteiger partial charge in [0.15, 0.2) is 0 Å². The van der Waals surface area contributed by atoms with Gasteiger partial charge >= 0.3 is 0 Å². The number of piperidine rings is 1. The van der Waals surface area contributed by atoms with Crippen molar-refractivity contribution in [3.8, 4) is 0 Å². The highest BCUT2D eigenvalue weighted by atomic mass is 32.2. The molecule has 0 spiro atoms. The van der Waals surface area contributed by atoms with Gasteiger partial charge in [0, 0.05) is 11.4 Å². The maximum absolute atomic E-state index is 3.55. The lowest BCUT2D eigenvalue weighted by Gasteiger charge is -2.22. The van der Waals surface area contributed by atoms with Crippen LogP contribution in [0.2, 0.25) is 0 Å². The summed E-state index contributed by atoms with van der Waals surface area (Å²) in [7, 11) is 0. The number of hydrogen-bond acceptors (Lipinski definition) is 3. The molecule has 0 saturated carbocycles. The molecular weight excluding hydrogens is 240 g/mol. The standard InChI is InChI=1S/C15H24N2S/c1-18-15-6-4-14(5-7-15)12-17-10-8-13-3-2-9-16-11-13/h4-7,13,16-17H,2-3,8-12H2,1H3. The van der Waals surface area contributed by atoms with Crippen molar-refractivity contribution in [2.45, 2.75) is 30.7 Å². The van der Waals surface area contributed by atoms with Crippen LogP contribution in [0.5, 0.6) is 0 Å². The average molecular weight is 264 g/mol. The van der Waals surface area contributed by atoms with Gasteiger partial charge in [-0.1, -0.05) is 12.1 Å². The van der Waals surface area contributed by atoms with E-state index in [0.717, 1.165) is 19.0 Å². The molecule has 1 aromatic carbocycles. The highest BCUT2D eigenvalue weighted by molar-refractivity contribution is 7.98. The van der Waals surface area contributed by atoms with Crippen molar-refractivity contribution in [1.29, 1.82) is 0 Å². The van der Waals surface area contributed by atoms with E-state index >= 15 is 0 Å². The molecule has 0 aliphatic carbocycles. The van der Waals surface area contributed by atoms with E-state index in [0.29, 0.717) is 0 Å². The van der Waals surface area contributed by atoms with Crippen LogP contribution >= 0.6 is 11.8 Å². The largest absolute Gasteiger partial charge is 0.316 e. The zero-order valence-corrected chi connectivity index (χ0v) is 12.1. The molecule has 0 bridgehead atoms. The molecule has 1 aliphatic rings. The van der Waals surface area contributed by atoms with Crippen LogP contribution in [0.15, 0.2) is 29.2 Å². The van der Waals surface area contributed by atoms with E-state index in [9.17, 15) is 0 Å². The highest BCUT2D eigenvalue weighted by Gasteiger charge is 2.11. The fraction of sp³-hybridized carbons (Fsp3) is 0.600. The van der Waals surface area contributed by atoms with Gasteiger partial charge in [-0.25, -0.2) is 0 Å². The second-order valence-electron chi connectivity index (χ2n) is 5.03. The lowest BCUT2D eigenvalue weighted by atomic mass is 9.96. The molecule has 2 N–H and O–H groups in total. The lowest BCUT2D eigenvalue weighted by molar-refractivity contribution is 0.352. The van der Waals surface area contributed by atoms with Crippen LogP contribution in [0.1, 0.15) is 24.8 Å². The summed E-state index contributed by atoms with van der Waals surface area (Å²) in [5.74, 6) is 0.880. The van der Waals surface area contributed by atoms with Gasteiger partial charge < -0.3 is 10.6 Å². The van der Waals surface area contributed by atoms with Crippen LogP contribution in [0.4, 0.5) is 0 Å². The number of thioether (sulfide) groups is 1. The molecule has 1 saturated heterocycles. The first-order chi connectivity index (χ1) is 8.88. The van der Waals surface area contributed by atoms with E-state index in [2.05, 4.69) is 41.2 Å². The van der Waals surface area contributed by atoms with Crippen molar-refractivity contribution in [2.24, 2.45) is 5.92 Å². The summed E-state index contributed by atoms with van der Waals surface area (Å²) in [5, 5.41) is 7.03. The Morgan fingerprint density at radius 2 is 2.17 bits per heavy atom. The molecule has 0 aromatic heterocycles. The zero-order valence-electron chi connectivity index (χ0n) is 11.2. The van der Waals surface area contributed by atoms with Crippen LogP contribution in [0, 0.1) is 5.92 Å². The molecule has 1 unspecified atom stereocenters.